The molecular weight excluding hydrogens is 318 g/mol. The van der Waals surface area contributed by atoms with Crippen molar-refractivity contribution in [2.75, 3.05) is 6.54 Å². The number of carboxylic acids is 1. The van der Waals surface area contributed by atoms with E-state index in [1.807, 2.05) is 0 Å². The average Bonchev–Trinajstić information content (AvgIpc) is 3.23. The first-order chi connectivity index (χ1) is 11.1. The number of nitrogens with zero attached hydrogens (tertiary/aromatic N) is 4. The number of carbonyl (C=O) groups excluding carboxylic acids is 1. The second-order valence-corrected chi connectivity index (χ2v) is 6.63. The third kappa shape index (κ3) is 3.09. The Morgan fingerprint density at radius 2 is 2.13 bits per heavy atom. The molecule has 9 heteroatoms. The Balaban J connectivity index is 1.73. The molecule has 0 bridgehead atoms. The molecule has 1 aliphatic carbocycles. The van der Waals surface area contributed by atoms with Crippen molar-refractivity contribution in [2.45, 2.75) is 32.1 Å². The zero-order valence-electron chi connectivity index (χ0n) is 12.4. The lowest BCUT2D eigenvalue weighted by molar-refractivity contribution is -0.150. The first kappa shape index (κ1) is 15.6. The molecule has 0 atom stereocenters. The molecule has 0 unspecified atom stereocenters. The molecule has 0 spiro atoms. The number of amides is 1. The summed E-state index contributed by atoms with van der Waals surface area (Å²) in [6, 6.07) is 1.75. The van der Waals surface area contributed by atoms with Crippen LogP contribution in [0.25, 0.3) is 5.69 Å². The zero-order valence-corrected chi connectivity index (χ0v) is 13.3. The highest BCUT2D eigenvalue weighted by Crippen LogP contribution is 2.36. The smallest absolute Gasteiger partial charge is 0.311 e. The minimum Gasteiger partial charge on any atom is -0.481 e. The third-order valence-corrected chi connectivity index (χ3v) is 5.20. The maximum Gasteiger partial charge on any atom is 0.311 e. The number of aliphatic carboxylic acids is 1. The highest BCUT2D eigenvalue weighted by molar-refractivity contribution is 7.12. The predicted octanol–water partition coefficient (Wildman–Crippen LogP) is 1.49. The number of hydrogen-bond donors (Lipinski definition) is 2. The molecule has 1 fully saturated rings. The van der Waals surface area contributed by atoms with Crippen LogP contribution in [0.15, 0.2) is 17.8 Å². The molecule has 2 aromatic rings. The summed E-state index contributed by atoms with van der Waals surface area (Å²) in [4.78, 5) is 24.6. The van der Waals surface area contributed by atoms with Gasteiger partial charge in [0.05, 0.1) is 11.1 Å². The molecule has 0 saturated heterocycles. The number of carboxylic acid groups (broad SMARTS) is 1. The number of rotatable bonds is 5. The van der Waals surface area contributed by atoms with Gasteiger partial charge >= 0.3 is 5.97 Å². The van der Waals surface area contributed by atoms with E-state index in [1.54, 1.807) is 11.4 Å². The predicted molar refractivity (Wildman–Crippen MR) is 82.5 cm³/mol. The molecular formula is C14H17N5O3S. The molecule has 8 nitrogen and oxygen atoms in total. The number of tetrazole rings is 1. The van der Waals surface area contributed by atoms with Gasteiger partial charge < -0.3 is 10.4 Å². The molecule has 1 amide bonds. The summed E-state index contributed by atoms with van der Waals surface area (Å²) in [6.07, 6.45) is 5.45. The Morgan fingerprint density at radius 1 is 1.35 bits per heavy atom. The van der Waals surface area contributed by atoms with Gasteiger partial charge in [0.25, 0.3) is 5.91 Å². The minimum atomic E-state index is -0.847. The Bertz CT molecular complexity index is 691. The number of nitrogens with one attached hydrogen (secondary N) is 1. The van der Waals surface area contributed by atoms with Crippen molar-refractivity contribution < 1.29 is 14.7 Å². The molecule has 23 heavy (non-hydrogen) atoms. The second-order valence-electron chi connectivity index (χ2n) is 5.72. The van der Waals surface area contributed by atoms with Crippen LogP contribution in [0, 0.1) is 5.41 Å². The summed E-state index contributed by atoms with van der Waals surface area (Å²) in [5.74, 6) is -1.12. The van der Waals surface area contributed by atoms with Crippen molar-refractivity contribution in [3.05, 3.63) is 22.7 Å². The molecule has 1 saturated carbocycles. The van der Waals surface area contributed by atoms with Gasteiger partial charge in [0.15, 0.2) is 0 Å². The fourth-order valence-electron chi connectivity index (χ4n) is 2.95. The standard InChI is InChI=1S/C14H17N5O3S/c20-12(11-10(4-7-23-11)19-9-16-17-18-19)15-8-14(13(21)22)5-2-1-3-6-14/h4,7,9H,1-3,5-6,8H2,(H,15,20)(H,21,22). The summed E-state index contributed by atoms with van der Waals surface area (Å²) in [5.41, 5.74) is -0.259. The molecule has 2 N–H and O–H groups in total. The Labute approximate surface area is 136 Å². The Hall–Kier alpha value is -2.29. The third-order valence-electron chi connectivity index (χ3n) is 4.30. The first-order valence-corrected chi connectivity index (χ1v) is 8.33. The van der Waals surface area contributed by atoms with Crippen molar-refractivity contribution in [1.29, 1.82) is 0 Å². The van der Waals surface area contributed by atoms with Gasteiger partial charge in [-0.05, 0) is 34.7 Å². The summed E-state index contributed by atoms with van der Waals surface area (Å²) in [5, 5.41) is 25.0. The van der Waals surface area contributed by atoms with E-state index in [9.17, 15) is 14.7 Å². The molecule has 3 rings (SSSR count). The van der Waals surface area contributed by atoms with Crippen molar-refractivity contribution >= 4 is 23.2 Å². The fraction of sp³-hybridized carbons (Fsp3) is 0.500. The molecule has 2 heterocycles. The molecule has 0 aromatic carbocycles. The fourth-order valence-corrected chi connectivity index (χ4v) is 3.74. The summed E-state index contributed by atoms with van der Waals surface area (Å²) in [6.45, 7) is 0.147. The highest BCUT2D eigenvalue weighted by atomic mass is 32.1. The Kier molecular flexibility index (Phi) is 4.37. The number of aromatic nitrogens is 4. The zero-order chi connectivity index (χ0) is 16.3. The first-order valence-electron chi connectivity index (χ1n) is 7.45. The topological polar surface area (TPSA) is 110 Å². The number of carbonyl (C=O) groups is 2. The highest BCUT2D eigenvalue weighted by Gasteiger charge is 2.40. The maximum atomic E-state index is 12.5. The van der Waals surface area contributed by atoms with Gasteiger partial charge in [-0.1, -0.05) is 19.3 Å². The van der Waals surface area contributed by atoms with Crippen LogP contribution in [0.4, 0.5) is 0 Å². The van der Waals surface area contributed by atoms with E-state index >= 15 is 0 Å². The SMILES string of the molecule is O=C(NCC1(C(=O)O)CCCCC1)c1sccc1-n1cnnn1. The summed E-state index contributed by atoms with van der Waals surface area (Å²) in [7, 11) is 0. The Morgan fingerprint density at radius 3 is 2.78 bits per heavy atom. The molecule has 1 aliphatic rings. The second kappa shape index (κ2) is 6.45. The van der Waals surface area contributed by atoms with Crippen molar-refractivity contribution in [3.8, 4) is 5.69 Å². The molecule has 122 valence electrons. The van der Waals surface area contributed by atoms with Gasteiger partial charge in [0, 0.05) is 6.54 Å². The van der Waals surface area contributed by atoms with Crippen LogP contribution in [-0.4, -0.2) is 43.7 Å². The van der Waals surface area contributed by atoms with E-state index in [-0.39, 0.29) is 12.5 Å². The van der Waals surface area contributed by atoms with Crippen LogP contribution in [0.1, 0.15) is 41.8 Å². The van der Waals surface area contributed by atoms with Gasteiger partial charge in [0.1, 0.15) is 11.2 Å². The van der Waals surface area contributed by atoms with Crippen LogP contribution >= 0.6 is 11.3 Å². The molecule has 0 aliphatic heterocycles. The number of hydrogen-bond acceptors (Lipinski definition) is 6. The van der Waals surface area contributed by atoms with Gasteiger partial charge in [-0.2, -0.15) is 4.68 Å². The van der Waals surface area contributed by atoms with E-state index in [2.05, 4.69) is 20.8 Å². The van der Waals surface area contributed by atoms with Crippen LogP contribution < -0.4 is 5.32 Å². The van der Waals surface area contributed by atoms with E-state index in [1.165, 1.54) is 22.3 Å². The van der Waals surface area contributed by atoms with E-state index in [0.717, 1.165) is 19.3 Å². The van der Waals surface area contributed by atoms with Gasteiger partial charge in [-0.15, -0.1) is 16.4 Å². The van der Waals surface area contributed by atoms with Crippen LogP contribution in [-0.2, 0) is 4.79 Å². The summed E-state index contributed by atoms with van der Waals surface area (Å²) >= 11 is 1.27. The minimum absolute atomic E-state index is 0.147. The lowest BCUT2D eigenvalue weighted by Crippen LogP contribution is -2.44. The monoisotopic (exact) mass is 335 g/mol. The van der Waals surface area contributed by atoms with Crippen molar-refractivity contribution in [2.24, 2.45) is 5.41 Å². The van der Waals surface area contributed by atoms with Crippen LogP contribution in [0.2, 0.25) is 0 Å². The normalized spacial score (nSPS) is 16.9. The lowest BCUT2D eigenvalue weighted by atomic mass is 9.74. The summed E-state index contributed by atoms with van der Waals surface area (Å²) < 4.78 is 1.42. The van der Waals surface area contributed by atoms with Crippen molar-refractivity contribution in [3.63, 3.8) is 0 Å². The van der Waals surface area contributed by atoms with Gasteiger partial charge in [0.2, 0.25) is 0 Å². The van der Waals surface area contributed by atoms with Crippen LogP contribution in [0.5, 0.6) is 0 Å². The van der Waals surface area contributed by atoms with Crippen LogP contribution in [0.3, 0.4) is 0 Å². The van der Waals surface area contributed by atoms with Gasteiger partial charge in [-0.3, -0.25) is 9.59 Å². The maximum absolute atomic E-state index is 12.5. The molecule has 2 aromatic heterocycles. The van der Waals surface area contributed by atoms with E-state index < -0.39 is 11.4 Å². The average molecular weight is 335 g/mol. The largest absolute Gasteiger partial charge is 0.481 e. The number of thiophene rings is 1. The van der Waals surface area contributed by atoms with Crippen molar-refractivity contribution in [1.82, 2.24) is 25.5 Å². The lowest BCUT2D eigenvalue weighted by Gasteiger charge is -2.33. The van der Waals surface area contributed by atoms with E-state index in [4.69, 9.17) is 0 Å². The van der Waals surface area contributed by atoms with Gasteiger partial charge in [-0.25, -0.2) is 0 Å². The quantitative estimate of drug-likeness (QED) is 0.856. The van der Waals surface area contributed by atoms with E-state index in [0.29, 0.717) is 23.4 Å². The molecule has 0 radical (unpaired) electrons.